The van der Waals surface area contributed by atoms with E-state index in [0.717, 1.165) is 11.1 Å². The average molecular weight is 402 g/mol. The number of nitrogens with zero attached hydrogens (tertiary/aromatic N) is 1. The summed E-state index contributed by atoms with van der Waals surface area (Å²) in [6.07, 6.45) is 0. The Morgan fingerprint density at radius 3 is 2.24 bits per heavy atom. The number of ether oxygens (including phenoxy) is 1. The van der Waals surface area contributed by atoms with Crippen LogP contribution in [0, 0.1) is 17.2 Å². The molecule has 0 heterocycles. The van der Waals surface area contributed by atoms with Crippen molar-refractivity contribution < 1.29 is 23.6 Å². The molecule has 5 nitrogen and oxygen atoms in total. The first kappa shape index (κ1) is 22.3. The van der Waals surface area contributed by atoms with Crippen LogP contribution in [-0.4, -0.2) is 24.6 Å². The van der Waals surface area contributed by atoms with Crippen LogP contribution in [0.3, 0.4) is 0 Å². The van der Waals surface area contributed by atoms with Crippen LogP contribution in [0.2, 0.25) is 0 Å². The number of hydrogen-bond donors (Lipinski definition) is 2. The molecule has 0 aliphatic rings. The van der Waals surface area contributed by atoms with E-state index in [2.05, 4.69) is 16.1 Å². The summed E-state index contributed by atoms with van der Waals surface area (Å²) in [6.45, 7) is 2.69. The van der Waals surface area contributed by atoms with Gasteiger partial charge in [-0.2, -0.15) is 14.0 Å². The van der Waals surface area contributed by atoms with E-state index in [1.165, 1.54) is 12.1 Å². The third-order valence-corrected chi connectivity index (χ3v) is 4.95. The molecular weight excluding hydrogens is 376 g/mol. The molecule has 0 unspecified atom stereocenters. The fourth-order valence-electron chi connectivity index (χ4n) is 2.85. The number of nitriles is 1. The molecule has 7 heteroatoms. The molecule has 154 valence electrons. The summed E-state index contributed by atoms with van der Waals surface area (Å²) in [6, 6.07) is 17.9. The third-order valence-electron chi connectivity index (χ3n) is 4.95. The van der Waals surface area contributed by atoms with E-state index in [0.29, 0.717) is 0 Å². The van der Waals surface area contributed by atoms with Crippen LogP contribution < -0.4 is 15.4 Å². The summed E-state index contributed by atoms with van der Waals surface area (Å²) >= 11 is 0. The molecule has 0 aliphatic heterocycles. The first-order valence-corrected chi connectivity index (χ1v) is 9.40. The lowest BCUT2D eigenvalue weighted by Gasteiger charge is -2.27. The van der Waals surface area contributed by atoms with Crippen LogP contribution in [0.15, 0.2) is 54.6 Å². The second kappa shape index (κ2) is 9.99. The molecule has 0 radical (unpaired) electrons. The highest BCUT2D eigenvalue weighted by Crippen LogP contribution is 2.22. The lowest BCUT2D eigenvalue weighted by Crippen LogP contribution is -2.88. The highest BCUT2D eigenvalue weighted by molar-refractivity contribution is 5.78. The normalized spacial score (nSPS) is 14.1. The Labute approximate surface area is 169 Å². The molecule has 1 amide bonds. The quantitative estimate of drug-likeness (QED) is 0.677. The highest BCUT2D eigenvalue weighted by Gasteiger charge is 2.31. The Morgan fingerprint density at radius 1 is 1.14 bits per heavy atom. The highest BCUT2D eigenvalue weighted by atomic mass is 19.3. The first-order valence-electron chi connectivity index (χ1n) is 9.40. The van der Waals surface area contributed by atoms with Crippen LogP contribution in [0.5, 0.6) is 5.75 Å². The molecule has 0 saturated carbocycles. The van der Waals surface area contributed by atoms with E-state index in [-0.39, 0.29) is 30.2 Å². The van der Waals surface area contributed by atoms with Gasteiger partial charge in [-0.15, -0.1) is 0 Å². The minimum atomic E-state index is -2.88. The number of alkyl halides is 2. The predicted octanol–water partition coefficient (Wildman–Crippen LogP) is 3.00. The van der Waals surface area contributed by atoms with Crippen molar-refractivity contribution in [3.63, 3.8) is 0 Å². The maximum Gasteiger partial charge on any atom is 0.387 e. The molecule has 2 aromatic carbocycles. The van der Waals surface area contributed by atoms with Crippen LogP contribution in [0.4, 0.5) is 8.78 Å². The van der Waals surface area contributed by atoms with Crippen LogP contribution in [0.1, 0.15) is 37.9 Å². The van der Waals surface area contributed by atoms with E-state index in [1.807, 2.05) is 49.5 Å². The zero-order chi connectivity index (χ0) is 21.4. The van der Waals surface area contributed by atoms with E-state index < -0.39 is 12.2 Å². The number of benzene rings is 2. The number of halogens is 2. The van der Waals surface area contributed by atoms with Gasteiger partial charge in [-0.05, 0) is 37.1 Å². The van der Waals surface area contributed by atoms with Crippen molar-refractivity contribution in [3.8, 4) is 11.8 Å². The Balaban J connectivity index is 2.16. The fourth-order valence-corrected chi connectivity index (χ4v) is 2.85. The number of carbonyl (C=O) groups excluding carboxylic acids is 1. The molecule has 0 fully saturated rings. The summed E-state index contributed by atoms with van der Waals surface area (Å²) < 4.78 is 29.2. The average Bonchev–Trinajstić information content (AvgIpc) is 2.69. The van der Waals surface area contributed by atoms with Crippen molar-refractivity contribution in [1.82, 2.24) is 5.32 Å². The Kier molecular flexibility index (Phi) is 7.68. The zero-order valence-electron chi connectivity index (χ0n) is 16.7. The van der Waals surface area contributed by atoms with Crippen molar-refractivity contribution in [2.75, 3.05) is 6.54 Å². The third kappa shape index (κ3) is 6.26. The molecule has 2 aromatic rings. The largest absolute Gasteiger partial charge is 0.435 e. The van der Waals surface area contributed by atoms with Gasteiger partial charge < -0.3 is 15.4 Å². The van der Waals surface area contributed by atoms with Crippen LogP contribution in [0.25, 0.3) is 0 Å². The van der Waals surface area contributed by atoms with E-state index >= 15 is 0 Å². The number of amides is 1. The number of nitrogens with two attached hydrogens (primary N) is 1. The van der Waals surface area contributed by atoms with Crippen molar-refractivity contribution in [2.24, 2.45) is 5.92 Å². The smallest absolute Gasteiger partial charge is 0.387 e. The molecule has 0 bridgehead atoms. The molecule has 0 aliphatic carbocycles. The summed E-state index contributed by atoms with van der Waals surface area (Å²) in [4.78, 5) is 12.5. The predicted molar refractivity (Wildman–Crippen MR) is 105 cm³/mol. The van der Waals surface area contributed by atoms with E-state index in [9.17, 15) is 18.8 Å². The summed E-state index contributed by atoms with van der Waals surface area (Å²) in [7, 11) is 0. The number of carbonyl (C=O) groups is 1. The topological polar surface area (TPSA) is 78.7 Å². The van der Waals surface area contributed by atoms with Gasteiger partial charge in [0.25, 0.3) is 5.91 Å². The van der Waals surface area contributed by atoms with Crippen molar-refractivity contribution >= 4 is 5.91 Å². The van der Waals surface area contributed by atoms with E-state index in [1.54, 1.807) is 19.1 Å². The molecule has 2 rings (SSSR count). The minimum Gasteiger partial charge on any atom is -0.435 e. The minimum absolute atomic E-state index is 0.0382. The Hall–Kier alpha value is -2.98. The van der Waals surface area contributed by atoms with Crippen LogP contribution in [-0.2, 0) is 4.79 Å². The van der Waals surface area contributed by atoms with Crippen molar-refractivity contribution in [1.29, 1.82) is 5.26 Å². The zero-order valence-corrected chi connectivity index (χ0v) is 16.7. The Morgan fingerprint density at radius 2 is 1.72 bits per heavy atom. The van der Waals surface area contributed by atoms with Gasteiger partial charge in [0.2, 0.25) is 0 Å². The molecule has 0 aromatic heterocycles. The monoisotopic (exact) mass is 402 g/mol. The van der Waals surface area contributed by atoms with Gasteiger partial charge in [-0.1, -0.05) is 44.2 Å². The molecule has 29 heavy (non-hydrogen) atoms. The van der Waals surface area contributed by atoms with Crippen molar-refractivity contribution in [2.45, 2.75) is 39.0 Å². The lowest BCUT2D eigenvalue weighted by atomic mass is 9.90. The second-order valence-electron chi connectivity index (χ2n) is 7.29. The molecule has 0 saturated heterocycles. The van der Waals surface area contributed by atoms with Gasteiger partial charge in [-0.25, -0.2) is 0 Å². The van der Waals surface area contributed by atoms with Gasteiger partial charge in [0.05, 0.1) is 6.07 Å². The summed E-state index contributed by atoms with van der Waals surface area (Å²) in [5.74, 6) is -0.208. The molecular formula is C22H26F2N3O2+. The van der Waals surface area contributed by atoms with Gasteiger partial charge >= 0.3 is 6.61 Å². The summed E-state index contributed by atoms with van der Waals surface area (Å²) in [5.41, 5.74) is 0.869. The van der Waals surface area contributed by atoms with Gasteiger partial charge in [0.1, 0.15) is 17.3 Å². The fraction of sp³-hybridized carbons (Fsp3) is 0.364. The molecule has 0 spiro atoms. The number of nitrogens with one attached hydrogen (secondary N) is 1. The van der Waals surface area contributed by atoms with Crippen molar-refractivity contribution in [3.05, 3.63) is 65.7 Å². The standard InChI is InChI=1S/C22H25F2N3O2/c1-15(2)22(3,14-25)27-19(28)13-26-20(16-7-5-4-6-8-16)17-9-11-18(12-10-17)29-21(23)24/h4-12,15,20-21,26H,13H2,1-3H3,(H,27,28)/p+1/t20-,22+/m0/s1. The van der Waals surface area contributed by atoms with Gasteiger partial charge in [0.15, 0.2) is 6.54 Å². The van der Waals surface area contributed by atoms with Gasteiger partial charge in [0, 0.05) is 11.1 Å². The number of hydrogen-bond acceptors (Lipinski definition) is 3. The second-order valence-corrected chi connectivity index (χ2v) is 7.29. The number of quaternary nitrogens is 1. The maximum atomic E-state index is 12.5. The van der Waals surface area contributed by atoms with Crippen LogP contribution >= 0.6 is 0 Å². The lowest BCUT2D eigenvalue weighted by molar-refractivity contribution is -0.676. The molecule has 2 atom stereocenters. The SMILES string of the molecule is CC(C)[C@@](C)(C#N)NC(=O)C[NH2+][C@@H](c1ccccc1)c1ccc(OC(F)F)cc1. The molecule has 3 N–H and O–H groups in total. The first-order chi connectivity index (χ1) is 13.7. The van der Waals surface area contributed by atoms with Gasteiger partial charge in [-0.3, -0.25) is 4.79 Å². The summed E-state index contributed by atoms with van der Waals surface area (Å²) in [5, 5.41) is 14.0. The van der Waals surface area contributed by atoms with E-state index in [4.69, 9.17) is 0 Å². The Bertz CT molecular complexity index is 835. The maximum absolute atomic E-state index is 12.5. The number of rotatable bonds is 9.